The Hall–Kier alpha value is -0.990. The molecule has 0 amide bonds. The fourth-order valence-corrected chi connectivity index (χ4v) is 1.89. The highest BCUT2D eigenvalue weighted by molar-refractivity contribution is 6.30. The molecule has 0 spiro atoms. The Morgan fingerprint density at radius 2 is 2.19 bits per heavy atom. The second kappa shape index (κ2) is 5.92. The molecule has 0 heterocycles. The summed E-state index contributed by atoms with van der Waals surface area (Å²) in [6, 6.07) is 5.48. The standard InChI is InChI=1S/C13H18ClNO/c1-4-5-9(2)15-10(3)12-8-11(14)6-7-13(12)16/h4,6-10,15-16H,1,5H2,2-3H3. The van der Waals surface area contributed by atoms with E-state index in [0.717, 1.165) is 12.0 Å². The molecule has 0 aromatic heterocycles. The van der Waals surface area contributed by atoms with Gasteiger partial charge in [-0.25, -0.2) is 0 Å². The molecule has 2 N–H and O–H groups in total. The minimum absolute atomic E-state index is 0.0636. The second-order valence-electron chi connectivity index (χ2n) is 4.02. The van der Waals surface area contributed by atoms with Crippen LogP contribution in [0.1, 0.15) is 31.9 Å². The van der Waals surface area contributed by atoms with E-state index < -0.39 is 0 Å². The van der Waals surface area contributed by atoms with Crippen LogP contribution in [0.4, 0.5) is 0 Å². The number of nitrogens with one attached hydrogen (secondary N) is 1. The molecule has 88 valence electrons. The van der Waals surface area contributed by atoms with Gasteiger partial charge >= 0.3 is 0 Å². The zero-order chi connectivity index (χ0) is 12.1. The van der Waals surface area contributed by atoms with Gasteiger partial charge in [0.05, 0.1) is 0 Å². The van der Waals surface area contributed by atoms with E-state index in [0.29, 0.717) is 11.1 Å². The Morgan fingerprint density at radius 1 is 1.50 bits per heavy atom. The molecule has 1 aromatic rings. The van der Waals surface area contributed by atoms with E-state index in [1.54, 1.807) is 18.2 Å². The van der Waals surface area contributed by atoms with E-state index in [1.165, 1.54) is 0 Å². The summed E-state index contributed by atoms with van der Waals surface area (Å²) in [5, 5.41) is 13.7. The van der Waals surface area contributed by atoms with Gasteiger partial charge in [0.25, 0.3) is 0 Å². The highest BCUT2D eigenvalue weighted by Crippen LogP contribution is 2.27. The molecule has 0 bridgehead atoms. The van der Waals surface area contributed by atoms with Gasteiger partial charge in [-0.1, -0.05) is 17.7 Å². The normalized spacial score (nSPS) is 14.4. The van der Waals surface area contributed by atoms with E-state index in [1.807, 2.05) is 13.0 Å². The van der Waals surface area contributed by atoms with Crippen LogP contribution in [0.25, 0.3) is 0 Å². The average molecular weight is 240 g/mol. The van der Waals surface area contributed by atoms with E-state index >= 15 is 0 Å². The van der Waals surface area contributed by atoms with Gasteiger partial charge in [0.15, 0.2) is 0 Å². The Labute approximate surface area is 102 Å². The van der Waals surface area contributed by atoms with E-state index in [9.17, 15) is 5.11 Å². The summed E-state index contributed by atoms with van der Waals surface area (Å²) >= 11 is 5.90. The zero-order valence-electron chi connectivity index (χ0n) is 9.70. The molecule has 2 nitrogen and oxygen atoms in total. The first-order valence-electron chi connectivity index (χ1n) is 5.40. The number of hydrogen-bond acceptors (Lipinski definition) is 2. The molecular weight excluding hydrogens is 222 g/mol. The van der Waals surface area contributed by atoms with E-state index in [4.69, 9.17) is 11.6 Å². The van der Waals surface area contributed by atoms with Gasteiger partial charge < -0.3 is 10.4 Å². The maximum Gasteiger partial charge on any atom is 0.120 e. The van der Waals surface area contributed by atoms with Gasteiger partial charge in [-0.3, -0.25) is 0 Å². The van der Waals surface area contributed by atoms with Gasteiger partial charge in [-0.2, -0.15) is 0 Å². The largest absolute Gasteiger partial charge is 0.508 e. The van der Waals surface area contributed by atoms with Crippen molar-refractivity contribution in [3.05, 3.63) is 41.4 Å². The number of benzene rings is 1. The molecule has 16 heavy (non-hydrogen) atoms. The lowest BCUT2D eigenvalue weighted by atomic mass is 10.1. The van der Waals surface area contributed by atoms with Crippen LogP contribution in [0.3, 0.4) is 0 Å². The van der Waals surface area contributed by atoms with Crippen LogP contribution in [0.15, 0.2) is 30.9 Å². The summed E-state index contributed by atoms with van der Waals surface area (Å²) < 4.78 is 0. The number of halogens is 1. The van der Waals surface area contributed by atoms with E-state index in [2.05, 4.69) is 18.8 Å². The quantitative estimate of drug-likeness (QED) is 0.769. The predicted molar refractivity (Wildman–Crippen MR) is 68.9 cm³/mol. The third-order valence-corrected chi connectivity index (χ3v) is 2.75. The summed E-state index contributed by atoms with van der Waals surface area (Å²) in [5.74, 6) is 0.273. The maximum absolute atomic E-state index is 9.73. The smallest absolute Gasteiger partial charge is 0.120 e. The minimum atomic E-state index is 0.0636. The number of phenolic OH excluding ortho intramolecular Hbond substituents is 1. The third kappa shape index (κ3) is 3.54. The molecule has 2 atom stereocenters. The van der Waals surface area contributed by atoms with Crippen molar-refractivity contribution in [3.8, 4) is 5.75 Å². The van der Waals surface area contributed by atoms with Crippen LogP contribution in [-0.2, 0) is 0 Å². The lowest BCUT2D eigenvalue weighted by molar-refractivity contribution is 0.435. The highest BCUT2D eigenvalue weighted by atomic mass is 35.5. The molecule has 0 aliphatic rings. The molecule has 0 aliphatic carbocycles. The van der Waals surface area contributed by atoms with Crippen LogP contribution < -0.4 is 5.32 Å². The monoisotopic (exact) mass is 239 g/mol. The molecule has 3 heteroatoms. The summed E-state index contributed by atoms with van der Waals surface area (Å²) in [5.41, 5.74) is 0.823. The summed E-state index contributed by atoms with van der Waals surface area (Å²) in [6.07, 6.45) is 2.77. The van der Waals surface area contributed by atoms with Crippen LogP contribution in [-0.4, -0.2) is 11.1 Å². The Kier molecular flexibility index (Phi) is 4.84. The minimum Gasteiger partial charge on any atom is -0.508 e. The zero-order valence-corrected chi connectivity index (χ0v) is 10.5. The van der Waals surface area contributed by atoms with Crippen molar-refractivity contribution in [2.45, 2.75) is 32.4 Å². The lowest BCUT2D eigenvalue weighted by Gasteiger charge is -2.20. The first kappa shape index (κ1) is 13.1. The van der Waals surface area contributed by atoms with Crippen molar-refractivity contribution in [3.63, 3.8) is 0 Å². The van der Waals surface area contributed by atoms with Crippen LogP contribution >= 0.6 is 11.6 Å². The maximum atomic E-state index is 9.73. The molecule has 0 saturated carbocycles. The molecule has 0 fully saturated rings. The van der Waals surface area contributed by atoms with Crippen molar-refractivity contribution in [2.24, 2.45) is 0 Å². The average Bonchev–Trinajstić information content (AvgIpc) is 2.21. The number of phenols is 1. The second-order valence-corrected chi connectivity index (χ2v) is 4.45. The predicted octanol–water partition coefficient (Wildman–Crippen LogP) is 3.66. The molecule has 1 rings (SSSR count). The molecular formula is C13H18ClNO. The van der Waals surface area contributed by atoms with Crippen LogP contribution in [0, 0.1) is 0 Å². The summed E-state index contributed by atoms with van der Waals surface area (Å²) in [4.78, 5) is 0. The fraction of sp³-hybridized carbons (Fsp3) is 0.385. The Morgan fingerprint density at radius 3 is 2.81 bits per heavy atom. The number of aromatic hydroxyl groups is 1. The number of rotatable bonds is 5. The first-order valence-corrected chi connectivity index (χ1v) is 5.77. The molecule has 2 unspecified atom stereocenters. The number of hydrogen-bond donors (Lipinski definition) is 2. The van der Waals surface area contributed by atoms with Crippen molar-refractivity contribution in [1.82, 2.24) is 5.32 Å². The topological polar surface area (TPSA) is 32.3 Å². The summed E-state index contributed by atoms with van der Waals surface area (Å²) in [6.45, 7) is 7.79. The van der Waals surface area contributed by atoms with Gasteiger partial charge in [-0.05, 0) is 38.5 Å². The SMILES string of the molecule is C=CCC(C)NC(C)c1cc(Cl)ccc1O. The van der Waals surface area contributed by atoms with Crippen molar-refractivity contribution >= 4 is 11.6 Å². The van der Waals surface area contributed by atoms with Gasteiger partial charge in [-0.15, -0.1) is 6.58 Å². The van der Waals surface area contributed by atoms with Crippen molar-refractivity contribution in [1.29, 1.82) is 0 Å². The third-order valence-electron chi connectivity index (χ3n) is 2.51. The lowest BCUT2D eigenvalue weighted by Crippen LogP contribution is -2.28. The Bertz CT molecular complexity index is 365. The molecule has 0 aliphatic heterocycles. The van der Waals surface area contributed by atoms with Crippen LogP contribution in [0.5, 0.6) is 5.75 Å². The van der Waals surface area contributed by atoms with Gasteiger partial charge in [0, 0.05) is 22.7 Å². The fourth-order valence-electron chi connectivity index (χ4n) is 1.71. The van der Waals surface area contributed by atoms with E-state index in [-0.39, 0.29) is 11.8 Å². The molecule has 0 saturated heterocycles. The highest BCUT2D eigenvalue weighted by Gasteiger charge is 2.12. The molecule has 1 aromatic carbocycles. The van der Waals surface area contributed by atoms with Crippen LogP contribution in [0.2, 0.25) is 5.02 Å². The van der Waals surface area contributed by atoms with Gasteiger partial charge in [0.2, 0.25) is 0 Å². The van der Waals surface area contributed by atoms with Crippen molar-refractivity contribution < 1.29 is 5.11 Å². The van der Waals surface area contributed by atoms with Crippen molar-refractivity contribution in [2.75, 3.05) is 0 Å². The first-order chi connectivity index (χ1) is 7.54. The van der Waals surface area contributed by atoms with Gasteiger partial charge in [0.1, 0.15) is 5.75 Å². The summed E-state index contributed by atoms with van der Waals surface area (Å²) in [7, 11) is 0. The molecule has 0 radical (unpaired) electrons. The Balaban J connectivity index is 2.75.